The Labute approximate surface area is 236 Å². The van der Waals surface area contributed by atoms with Crippen LogP contribution in [0.2, 0.25) is 0 Å². The lowest BCUT2D eigenvalue weighted by Crippen LogP contribution is -2.70. The van der Waals surface area contributed by atoms with Crippen molar-refractivity contribution in [1.29, 1.82) is 0 Å². The van der Waals surface area contributed by atoms with E-state index >= 15 is 0 Å². The van der Waals surface area contributed by atoms with Gasteiger partial charge >= 0.3 is 71.6 Å². The topological polar surface area (TPSA) is 0 Å². The largest absolute Gasteiger partial charge is 0.460 e. The van der Waals surface area contributed by atoms with E-state index in [1.807, 2.05) is 15.9 Å². The van der Waals surface area contributed by atoms with E-state index in [2.05, 4.69) is 0 Å². The summed E-state index contributed by atoms with van der Waals surface area (Å²) in [6.07, 6.45) is -16.0. The molecule has 1 aromatic carbocycles. The smallest absolute Gasteiger partial charge is 0.194 e. The third-order valence-corrected chi connectivity index (χ3v) is 6.02. The number of benzene rings is 1. The van der Waals surface area contributed by atoms with E-state index in [1.54, 1.807) is 0 Å². The first-order valence-electron chi connectivity index (χ1n) is 9.84. The van der Waals surface area contributed by atoms with Crippen LogP contribution >= 0.6 is 15.9 Å². The number of halogens is 27. The Kier molecular flexibility index (Phi) is 9.49. The normalized spacial score (nSPS) is 16.3. The fraction of sp³-hybridized carbons (Fsp3) is 0.667. The number of hydrogen-bond acceptors (Lipinski definition) is 0. The highest BCUT2D eigenvalue weighted by molar-refractivity contribution is 9.10. The zero-order valence-electron chi connectivity index (χ0n) is 19.4. The van der Waals surface area contributed by atoms with E-state index in [9.17, 15) is 114 Å². The van der Waals surface area contributed by atoms with Crippen LogP contribution in [0.15, 0.2) is 22.7 Å². The van der Waals surface area contributed by atoms with Crippen LogP contribution in [0.3, 0.4) is 0 Å². The minimum absolute atomic E-state index is 0.470. The maximum Gasteiger partial charge on any atom is 0.460 e. The van der Waals surface area contributed by atoms with Crippen molar-refractivity contribution in [2.75, 3.05) is 0 Å². The zero-order chi connectivity index (χ0) is 36.9. The van der Waals surface area contributed by atoms with Crippen LogP contribution in [0.25, 0.3) is 0 Å². The summed E-state index contributed by atoms with van der Waals surface area (Å²) in [7, 11) is 0. The Morgan fingerprint density at radius 2 is 0.556 bits per heavy atom. The summed E-state index contributed by atoms with van der Waals surface area (Å²) in [4.78, 5) is 0. The highest BCUT2D eigenvalue weighted by Crippen LogP contribution is 2.66. The van der Waals surface area contributed by atoms with E-state index < -0.39 is 105 Å². The van der Waals surface area contributed by atoms with Crippen LogP contribution < -0.4 is 0 Å². The van der Waals surface area contributed by atoms with Crippen LogP contribution in [0.5, 0.6) is 0 Å². The third kappa shape index (κ3) is 5.23. The third-order valence-electron chi connectivity index (χ3n) is 5.52. The van der Waals surface area contributed by atoms with Gasteiger partial charge in [-0.3, -0.25) is 0 Å². The second kappa shape index (κ2) is 10.4. The lowest BCUT2D eigenvalue weighted by molar-refractivity contribution is -0.444. The summed E-state index contributed by atoms with van der Waals surface area (Å²) in [5, 5.41) is 0. The van der Waals surface area contributed by atoms with Crippen molar-refractivity contribution < 1.29 is 114 Å². The molecule has 0 spiro atoms. The van der Waals surface area contributed by atoms with Gasteiger partial charge in [-0.1, -0.05) is 22.0 Å². The van der Waals surface area contributed by atoms with Gasteiger partial charge < -0.3 is 0 Å². The summed E-state index contributed by atoms with van der Waals surface area (Å²) < 4.78 is 347. The Balaban J connectivity index is 4.14. The van der Waals surface area contributed by atoms with Crippen molar-refractivity contribution in [3.63, 3.8) is 0 Å². The summed E-state index contributed by atoms with van der Waals surface area (Å²) in [6, 6.07) is -3.14. The average molecular weight is 793 g/mol. The fourth-order valence-electron chi connectivity index (χ4n) is 2.93. The molecule has 0 aliphatic carbocycles. The van der Waals surface area contributed by atoms with E-state index in [4.69, 9.17) is 0 Å². The summed E-state index contributed by atoms with van der Waals surface area (Å²) >= 11 is 1.83. The Morgan fingerprint density at radius 3 is 0.822 bits per heavy atom. The second-order valence-electron chi connectivity index (χ2n) is 8.43. The summed E-state index contributed by atoms with van der Waals surface area (Å²) in [5.74, 6) is -85.0. The van der Waals surface area contributed by atoms with Crippen molar-refractivity contribution in [1.82, 2.24) is 0 Å². The van der Waals surface area contributed by atoms with Gasteiger partial charge in [-0.05, 0) is 12.1 Å². The molecule has 0 saturated carbocycles. The SMILES string of the molecule is FC(F)(F)C(F)(F)C(F)(F)C(F)(F)C(F)(F)C(F)(F)c1ccc(Br)cc1C(F)(F)C(F)(F)C(F)(F)C(F)(F)C(F)(F)C(F)(F)F. The Morgan fingerprint density at radius 1 is 0.311 bits per heavy atom. The van der Waals surface area contributed by atoms with Gasteiger partial charge in [0.2, 0.25) is 0 Å². The van der Waals surface area contributed by atoms with Crippen LogP contribution in [0.4, 0.5) is 114 Å². The standard InChI is InChI=1S/C18H3BrF26/c19-4-1-2-5(7(20,21)9(24,25)11(28,29)13(32,33)15(36,37)17(40,41)42)6(3-4)8(22,23)10(26,27)12(30,31)14(34,35)16(38,39)18(43,44)45/h1-3H. The van der Waals surface area contributed by atoms with Gasteiger partial charge in [-0.15, -0.1) is 0 Å². The average Bonchev–Trinajstić information content (AvgIpc) is 2.81. The van der Waals surface area contributed by atoms with Crippen LogP contribution in [-0.4, -0.2) is 59.7 Å². The van der Waals surface area contributed by atoms with Crippen molar-refractivity contribution in [2.45, 2.75) is 71.6 Å². The maximum absolute atomic E-state index is 14.6. The Bertz CT molecular complexity index is 1250. The molecule has 0 fully saturated rings. The predicted octanol–water partition coefficient (Wildman–Crippen LogP) is 10.8. The first-order chi connectivity index (χ1) is 19.1. The van der Waals surface area contributed by atoms with E-state index in [0.29, 0.717) is 0 Å². The van der Waals surface area contributed by atoms with Crippen molar-refractivity contribution in [3.05, 3.63) is 33.8 Å². The number of alkyl halides is 26. The van der Waals surface area contributed by atoms with Crippen molar-refractivity contribution in [3.8, 4) is 0 Å². The molecule has 0 bridgehead atoms. The van der Waals surface area contributed by atoms with Gasteiger partial charge in [0, 0.05) is 15.6 Å². The first kappa shape index (κ1) is 40.9. The van der Waals surface area contributed by atoms with Crippen LogP contribution in [0.1, 0.15) is 11.1 Å². The van der Waals surface area contributed by atoms with E-state index in [1.165, 1.54) is 0 Å². The second-order valence-corrected chi connectivity index (χ2v) is 9.35. The molecule has 0 radical (unpaired) electrons. The molecule has 0 N–H and O–H groups in total. The molecule has 0 atom stereocenters. The monoisotopic (exact) mass is 792 g/mol. The molecule has 0 amide bonds. The number of hydrogen-bond donors (Lipinski definition) is 0. The molecule has 27 heteroatoms. The van der Waals surface area contributed by atoms with Gasteiger partial charge in [-0.25, -0.2) is 0 Å². The molecule has 0 heterocycles. The Hall–Kier alpha value is -2.12. The molecule has 0 aromatic heterocycles. The van der Waals surface area contributed by atoms with Gasteiger partial charge in [0.25, 0.3) is 0 Å². The van der Waals surface area contributed by atoms with Crippen LogP contribution in [0, 0.1) is 0 Å². The first-order valence-corrected chi connectivity index (χ1v) is 10.6. The minimum atomic E-state index is -8.81. The van der Waals surface area contributed by atoms with Gasteiger partial charge in [-0.2, -0.15) is 114 Å². The van der Waals surface area contributed by atoms with E-state index in [0.717, 1.165) is 0 Å². The molecule has 1 rings (SSSR count). The minimum Gasteiger partial charge on any atom is -0.194 e. The van der Waals surface area contributed by atoms with E-state index in [-0.39, 0.29) is 0 Å². The molecule has 45 heavy (non-hydrogen) atoms. The molecule has 0 saturated heterocycles. The molecule has 0 unspecified atom stereocenters. The molecular weight excluding hydrogens is 790 g/mol. The highest BCUT2D eigenvalue weighted by atomic mass is 79.9. The molecule has 0 aliphatic rings. The lowest BCUT2D eigenvalue weighted by atomic mass is 9.84. The molecule has 264 valence electrons. The molecular formula is C18H3BrF26. The van der Waals surface area contributed by atoms with Gasteiger partial charge in [0.1, 0.15) is 0 Å². The highest BCUT2D eigenvalue weighted by Gasteiger charge is 2.93. The van der Waals surface area contributed by atoms with Gasteiger partial charge in [0.15, 0.2) is 0 Å². The summed E-state index contributed by atoms with van der Waals surface area (Å²) in [6.45, 7) is 0. The van der Waals surface area contributed by atoms with Crippen LogP contribution in [-0.2, 0) is 11.8 Å². The van der Waals surface area contributed by atoms with Crippen molar-refractivity contribution in [2.24, 2.45) is 0 Å². The maximum atomic E-state index is 14.6. The zero-order valence-corrected chi connectivity index (χ0v) is 21.0. The van der Waals surface area contributed by atoms with Crippen molar-refractivity contribution >= 4 is 15.9 Å². The quantitative estimate of drug-likeness (QED) is 0.207. The predicted molar refractivity (Wildman–Crippen MR) is 93.6 cm³/mol. The summed E-state index contributed by atoms with van der Waals surface area (Å²) in [5.41, 5.74) is -8.33. The lowest BCUT2D eigenvalue weighted by Gasteiger charge is -2.42. The fourth-order valence-corrected chi connectivity index (χ4v) is 3.29. The number of rotatable bonds is 10. The molecule has 1 aromatic rings. The molecule has 0 nitrogen and oxygen atoms in total. The molecule has 0 aliphatic heterocycles. The van der Waals surface area contributed by atoms with Gasteiger partial charge in [0.05, 0.1) is 0 Å².